The van der Waals surface area contributed by atoms with E-state index in [4.69, 9.17) is 4.52 Å². The third-order valence-corrected chi connectivity index (χ3v) is 3.84. The maximum Gasteiger partial charge on any atom is 0.276 e. The number of hydrogen-bond donors (Lipinski definition) is 0. The van der Waals surface area contributed by atoms with E-state index in [1.807, 2.05) is 6.92 Å². The van der Waals surface area contributed by atoms with Gasteiger partial charge in [-0.1, -0.05) is 28.6 Å². The molecule has 24 heavy (non-hydrogen) atoms. The summed E-state index contributed by atoms with van der Waals surface area (Å²) in [6.07, 6.45) is 2.95. The Kier molecular flexibility index (Phi) is 4.37. The molecule has 0 aliphatic heterocycles. The molecule has 0 aliphatic carbocycles. The zero-order valence-corrected chi connectivity index (χ0v) is 13.3. The molecule has 0 radical (unpaired) electrons. The van der Waals surface area contributed by atoms with Crippen LogP contribution in [0.1, 0.15) is 34.7 Å². The van der Waals surface area contributed by atoms with E-state index in [2.05, 4.69) is 15.5 Å². The summed E-state index contributed by atoms with van der Waals surface area (Å²) in [5.41, 5.74) is 1.31. The highest BCUT2D eigenvalue weighted by molar-refractivity contribution is 5.92. The van der Waals surface area contributed by atoms with Crippen LogP contribution in [-0.4, -0.2) is 38.0 Å². The fourth-order valence-electron chi connectivity index (χ4n) is 2.27. The summed E-state index contributed by atoms with van der Waals surface area (Å²) >= 11 is 0. The summed E-state index contributed by atoms with van der Waals surface area (Å²) in [5.74, 6) is -0.622. The zero-order valence-electron chi connectivity index (χ0n) is 13.3. The first kappa shape index (κ1) is 15.9. The predicted molar refractivity (Wildman–Crippen MR) is 82.5 cm³/mol. The highest BCUT2D eigenvalue weighted by atomic mass is 19.1. The van der Waals surface area contributed by atoms with Crippen molar-refractivity contribution in [1.82, 2.24) is 25.1 Å². The Morgan fingerprint density at radius 2 is 2.17 bits per heavy atom. The van der Waals surface area contributed by atoms with Crippen molar-refractivity contribution in [1.29, 1.82) is 0 Å². The van der Waals surface area contributed by atoms with Crippen LogP contribution >= 0.6 is 0 Å². The SMILES string of the molecule is CC(c1ccon1)N(C)C(=O)c1cn(Cc2ccccc2F)nn1. The summed E-state index contributed by atoms with van der Waals surface area (Å²) < 4.78 is 19.9. The van der Waals surface area contributed by atoms with Crippen LogP contribution in [0.5, 0.6) is 0 Å². The number of hydrogen-bond acceptors (Lipinski definition) is 5. The maximum absolute atomic E-state index is 13.7. The van der Waals surface area contributed by atoms with Gasteiger partial charge in [-0.2, -0.15) is 0 Å². The van der Waals surface area contributed by atoms with Gasteiger partial charge in [0.1, 0.15) is 17.8 Å². The van der Waals surface area contributed by atoms with Gasteiger partial charge in [0.15, 0.2) is 5.69 Å². The molecular weight excluding hydrogens is 313 g/mol. The van der Waals surface area contributed by atoms with E-state index < -0.39 is 0 Å². The van der Waals surface area contributed by atoms with Gasteiger partial charge in [0.25, 0.3) is 5.91 Å². The Balaban J connectivity index is 1.73. The van der Waals surface area contributed by atoms with E-state index >= 15 is 0 Å². The average molecular weight is 329 g/mol. The fraction of sp³-hybridized carbons (Fsp3) is 0.250. The molecule has 7 nitrogen and oxygen atoms in total. The first-order valence-corrected chi connectivity index (χ1v) is 7.37. The highest BCUT2D eigenvalue weighted by Gasteiger charge is 2.23. The molecule has 0 saturated heterocycles. The number of benzene rings is 1. The number of aromatic nitrogens is 4. The molecule has 1 atom stereocenters. The van der Waals surface area contributed by atoms with Gasteiger partial charge in [-0.15, -0.1) is 5.10 Å². The second-order valence-corrected chi connectivity index (χ2v) is 5.41. The lowest BCUT2D eigenvalue weighted by molar-refractivity contribution is 0.0731. The Hall–Kier alpha value is -3.03. The summed E-state index contributed by atoms with van der Waals surface area (Å²) in [7, 11) is 1.65. The molecule has 3 rings (SSSR count). The average Bonchev–Trinajstić information content (AvgIpc) is 3.26. The van der Waals surface area contributed by atoms with E-state index in [0.29, 0.717) is 11.3 Å². The van der Waals surface area contributed by atoms with Gasteiger partial charge in [0, 0.05) is 18.7 Å². The zero-order chi connectivity index (χ0) is 17.1. The van der Waals surface area contributed by atoms with Gasteiger partial charge in [-0.25, -0.2) is 9.07 Å². The first-order chi connectivity index (χ1) is 11.6. The Morgan fingerprint density at radius 3 is 2.88 bits per heavy atom. The molecule has 0 fully saturated rings. The minimum absolute atomic E-state index is 0.184. The lowest BCUT2D eigenvalue weighted by Gasteiger charge is -2.21. The van der Waals surface area contributed by atoms with Gasteiger partial charge in [0.05, 0.1) is 18.8 Å². The van der Waals surface area contributed by atoms with Crippen molar-refractivity contribution in [3.8, 4) is 0 Å². The van der Waals surface area contributed by atoms with E-state index in [-0.39, 0.29) is 30.0 Å². The summed E-state index contributed by atoms with van der Waals surface area (Å²) in [6, 6.07) is 7.84. The predicted octanol–water partition coefficient (Wildman–Crippen LogP) is 2.29. The molecule has 0 bridgehead atoms. The largest absolute Gasteiger partial charge is 0.364 e. The molecule has 1 unspecified atom stereocenters. The molecular formula is C16H16FN5O2. The fourth-order valence-corrected chi connectivity index (χ4v) is 2.27. The lowest BCUT2D eigenvalue weighted by Crippen LogP contribution is -2.30. The normalized spacial score (nSPS) is 12.1. The summed E-state index contributed by atoms with van der Waals surface area (Å²) in [5, 5.41) is 11.6. The Morgan fingerprint density at radius 1 is 1.38 bits per heavy atom. The number of halogens is 1. The number of carbonyl (C=O) groups excluding carboxylic acids is 1. The van der Waals surface area contributed by atoms with Crippen LogP contribution in [0.15, 0.2) is 47.3 Å². The molecule has 0 spiro atoms. The van der Waals surface area contributed by atoms with Crippen molar-refractivity contribution >= 4 is 5.91 Å². The monoisotopic (exact) mass is 329 g/mol. The van der Waals surface area contributed by atoms with Crippen LogP contribution in [0.3, 0.4) is 0 Å². The van der Waals surface area contributed by atoms with Crippen molar-refractivity contribution in [3.05, 3.63) is 65.6 Å². The third-order valence-electron chi connectivity index (χ3n) is 3.84. The molecule has 1 amide bonds. The highest BCUT2D eigenvalue weighted by Crippen LogP contribution is 2.18. The minimum Gasteiger partial charge on any atom is -0.364 e. The van der Waals surface area contributed by atoms with Crippen molar-refractivity contribution in [3.63, 3.8) is 0 Å². The van der Waals surface area contributed by atoms with Crippen LogP contribution in [0.25, 0.3) is 0 Å². The van der Waals surface area contributed by atoms with E-state index in [1.165, 1.54) is 28.1 Å². The first-order valence-electron chi connectivity index (χ1n) is 7.37. The van der Waals surface area contributed by atoms with Crippen LogP contribution in [-0.2, 0) is 6.54 Å². The smallest absolute Gasteiger partial charge is 0.276 e. The molecule has 2 heterocycles. The van der Waals surface area contributed by atoms with Gasteiger partial charge in [0.2, 0.25) is 0 Å². The van der Waals surface area contributed by atoms with Gasteiger partial charge in [-0.3, -0.25) is 4.79 Å². The summed E-state index contributed by atoms with van der Waals surface area (Å²) in [4.78, 5) is 14.0. The van der Waals surface area contributed by atoms with Gasteiger partial charge >= 0.3 is 0 Å². The van der Waals surface area contributed by atoms with Crippen LogP contribution in [0, 0.1) is 5.82 Å². The van der Waals surface area contributed by atoms with Crippen molar-refractivity contribution in [2.24, 2.45) is 0 Å². The molecule has 2 aromatic heterocycles. The molecule has 3 aromatic rings. The second kappa shape index (κ2) is 6.61. The minimum atomic E-state index is -0.322. The van der Waals surface area contributed by atoms with Crippen molar-refractivity contribution in [2.45, 2.75) is 19.5 Å². The Labute approximate surface area is 137 Å². The molecule has 124 valence electrons. The lowest BCUT2D eigenvalue weighted by atomic mass is 10.2. The van der Waals surface area contributed by atoms with Crippen molar-refractivity contribution in [2.75, 3.05) is 7.05 Å². The number of rotatable bonds is 5. The number of amides is 1. The molecule has 1 aromatic carbocycles. The van der Waals surface area contributed by atoms with Gasteiger partial charge < -0.3 is 9.42 Å². The summed E-state index contributed by atoms with van der Waals surface area (Å²) in [6.45, 7) is 2.04. The Bertz CT molecular complexity index is 831. The van der Waals surface area contributed by atoms with E-state index in [1.54, 1.807) is 31.3 Å². The number of carbonyl (C=O) groups is 1. The van der Waals surface area contributed by atoms with E-state index in [0.717, 1.165) is 0 Å². The topological polar surface area (TPSA) is 77.0 Å². The second-order valence-electron chi connectivity index (χ2n) is 5.41. The standard InChI is InChI=1S/C16H16FN5O2/c1-11(14-7-8-24-19-14)21(2)16(23)15-10-22(20-18-15)9-12-5-3-4-6-13(12)17/h3-8,10-11H,9H2,1-2H3. The van der Waals surface area contributed by atoms with Crippen LogP contribution in [0.4, 0.5) is 4.39 Å². The quantitative estimate of drug-likeness (QED) is 0.718. The van der Waals surface area contributed by atoms with E-state index in [9.17, 15) is 9.18 Å². The van der Waals surface area contributed by atoms with Crippen molar-refractivity contribution < 1.29 is 13.7 Å². The molecule has 0 N–H and O–H groups in total. The van der Waals surface area contributed by atoms with Gasteiger partial charge in [-0.05, 0) is 13.0 Å². The molecule has 0 saturated carbocycles. The number of nitrogens with zero attached hydrogens (tertiary/aromatic N) is 5. The molecule has 8 heteroatoms. The van der Waals surface area contributed by atoms with Crippen LogP contribution < -0.4 is 0 Å². The maximum atomic E-state index is 13.7. The third kappa shape index (κ3) is 3.17. The van der Waals surface area contributed by atoms with Crippen LogP contribution in [0.2, 0.25) is 0 Å². The molecule has 0 aliphatic rings.